The predicted molar refractivity (Wildman–Crippen MR) is 77.7 cm³/mol. The van der Waals surface area contributed by atoms with Crippen LogP contribution in [0.1, 0.15) is 36.7 Å². The van der Waals surface area contributed by atoms with Crippen molar-refractivity contribution in [2.45, 2.75) is 37.0 Å². The van der Waals surface area contributed by atoms with Gasteiger partial charge in [-0.1, -0.05) is 17.8 Å². The van der Waals surface area contributed by atoms with Crippen LogP contribution >= 0.6 is 23.1 Å². The topological polar surface area (TPSA) is 72.7 Å². The molecule has 2 heterocycles. The van der Waals surface area contributed by atoms with Crippen molar-refractivity contribution in [3.8, 4) is 0 Å². The van der Waals surface area contributed by atoms with Gasteiger partial charge >= 0.3 is 0 Å². The smallest absolute Gasteiger partial charge is 0.230 e. The minimum Gasteiger partial charge on any atom is -0.348 e. The predicted octanol–water partition coefficient (Wildman–Crippen LogP) is 2.04. The molecule has 20 heavy (non-hydrogen) atoms. The first-order valence-electron chi connectivity index (χ1n) is 6.47. The zero-order valence-corrected chi connectivity index (χ0v) is 12.7. The quantitative estimate of drug-likeness (QED) is 0.827. The molecule has 0 radical (unpaired) electrons. The first kappa shape index (κ1) is 13.6. The molecule has 6 nitrogen and oxygen atoms in total. The van der Waals surface area contributed by atoms with Gasteiger partial charge in [0.05, 0.1) is 17.8 Å². The Balaban J connectivity index is 1.50. The van der Waals surface area contributed by atoms with Crippen molar-refractivity contribution in [2.75, 3.05) is 5.75 Å². The highest BCUT2D eigenvalue weighted by molar-refractivity contribution is 7.99. The van der Waals surface area contributed by atoms with Crippen molar-refractivity contribution >= 4 is 29.0 Å². The number of carbonyl (C=O) groups excluding carboxylic acids is 1. The van der Waals surface area contributed by atoms with E-state index in [1.165, 1.54) is 11.8 Å². The second kappa shape index (κ2) is 5.92. The van der Waals surface area contributed by atoms with Crippen molar-refractivity contribution < 1.29 is 4.79 Å². The van der Waals surface area contributed by atoms with Gasteiger partial charge in [0.1, 0.15) is 0 Å². The van der Waals surface area contributed by atoms with Crippen molar-refractivity contribution in [2.24, 2.45) is 0 Å². The van der Waals surface area contributed by atoms with Gasteiger partial charge in [-0.15, -0.1) is 16.4 Å². The molecule has 2 aromatic rings. The van der Waals surface area contributed by atoms with Gasteiger partial charge in [-0.3, -0.25) is 4.79 Å². The fourth-order valence-electron chi connectivity index (χ4n) is 1.85. The van der Waals surface area contributed by atoms with Crippen LogP contribution in [0, 0.1) is 0 Å². The molecule has 8 heteroatoms. The Kier molecular flexibility index (Phi) is 4.02. The summed E-state index contributed by atoms with van der Waals surface area (Å²) in [4.78, 5) is 13.1. The van der Waals surface area contributed by atoms with Gasteiger partial charge in [0.25, 0.3) is 0 Å². The second-order valence-electron chi connectivity index (χ2n) is 4.73. The second-order valence-corrected chi connectivity index (χ2v) is 6.65. The van der Waals surface area contributed by atoms with E-state index in [2.05, 4.69) is 20.8 Å². The summed E-state index contributed by atoms with van der Waals surface area (Å²) in [5.74, 6) is 0.337. The van der Waals surface area contributed by atoms with Crippen LogP contribution in [-0.2, 0) is 4.79 Å². The zero-order chi connectivity index (χ0) is 13.9. The van der Waals surface area contributed by atoms with Crippen molar-refractivity contribution in [1.29, 1.82) is 0 Å². The summed E-state index contributed by atoms with van der Waals surface area (Å²) in [6, 6.07) is 4.49. The maximum Gasteiger partial charge on any atom is 0.230 e. The molecule has 1 aliphatic rings. The number of thioether (sulfide) groups is 1. The normalized spacial score (nSPS) is 16.1. The number of amides is 1. The molecule has 1 aliphatic carbocycles. The van der Waals surface area contributed by atoms with Crippen LogP contribution in [-0.4, -0.2) is 31.9 Å². The van der Waals surface area contributed by atoms with Crippen LogP contribution in [0.4, 0.5) is 0 Å². The van der Waals surface area contributed by atoms with Gasteiger partial charge in [0.2, 0.25) is 11.1 Å². The Morgan fingerprint density at radius 2 is 2.50 bits per heavy atom. The summed E-state index contributed by atoms with van der Waals surface area (Å²) < 4.78 is 1.82. The van der Waals surface area contributed by atoms with Gasteiger partial charge in [0, 0.05) is 4.88 Å². The lowest BCUT2D eigenvalue weighted by Gasteiger charge is -2.11. The third-order valence-electron chi connectivity index (χ3n) is 3.04. The SMILES string of the molecule is CC(NC(=O)CSc1nnnn1C1CC1)c1cccs1. The number of aromatic nitrogens is 4. The van der Waals surface area contributed by atoms with Crippen molar-refractivity contribution in [1.82, 2.24) is 25.5 Å². The van der Waals surface area contributed by atoms with Gasteiger partial charge in [-0.05, 0) is 41.6 Å². The number of nitrogens with zero attached hydrogens (tertiary/aromatic N) is 4. The Labute approximate surface area is 124 Å². The fourth-order valence-corrected chi connectivity index (χ4v) is 3.34. The van der Waals surface area contributed by atoms with Crippen LogP contribution in [0.3, 0.4) is 0 Å². The highest BCUT2D eigenvalue weighted by atomic mass is 32.2. The largest absolute Gasteiger partial charge is 0.348 e. The highest BCUT2D eigenvalue weighted by Gasteiger charge is 2.28. The van der Waals surface area contributed by atoms with E-state index in [0.29, 0.717) is 11.8 Å². The summed E-state index contributed by atoms with van der Waals surface area (Å²) in [7, 11) is 0. The lowest BCUT2D eigenvalue weighted by atomic mass is 10.3. The van der Waals surface area contributed by atoms with E-state index in [4.69, 9.17) is 0 Å². The molecule has 1 unspecified atom stereocenters. The first-order chi connectivity index (χ1) is 9.74. The number of rotatable bonds is 6. The molecule has 0 bridgehead atoms. The van der Waals surface area contributed by atoms with E-state index in [0.717, 1.165) is 22.9 Å². The van der Waals surface area contributed by atoms with Gasteiger partial charge in [-0.2, -0.15) is 0 Å². The molecule has 1 fully saturated rings. The van der Waals surface area contributed by atoms with Crippen LogP contribution in [0.15, 0.2) is 22.7 Å². The van der Waals surface area contributed by atoms with Crippen molar-refractivity contribution in [3.63, 3.8) is 0 Å². The van der Waals surface area contributed by atoms with E-state index in [9.17, 15) is 4.79 Å². The van der Waals surface area contributed by atoms with Crippen LogP contribution in [0.2, 0.25) is 0 Å². The molecular weight excluding hydrogens is 294 g/mol. The number of hydrogen-bond donors (Lipinski definition) is 1. The molecule has 0 spiro atoms. The summed E-state index contributed by atoms with van der Waals surface area (Å²) in [6.07, 6.45) is 2.25. The number of tetrazole rings is 1. The van der Waals surface area contributed by atoms with Gasteiger partial charge in [0.15, 0.2) is 0 Å². The molecule has 106 valence electrons. The zero-order valence-electron chi connectivity index (χ0n) is 11.0. The first-order valence-corrected chi connectivity index (χ1v) is 8.34. The fraction of sp³-hybridized carbons (Fsp3) is 0.500. The molecular formula is C12H15N5OS2. The molecule has 0 aromatic carbocycles. The Bertz CT molecular complexity index is 578. The molecule has 0 aliphatic heterocycles. The monoisotopic (exact) mass is 309 g/mol. The standard InChI is InChI=1S/C12H15N5OS2/c1-8(10-3-2-6-19-10)13-11(18)7-20-12-14-15-16-17(12)9-4-5-9/h2-3,6,8-9H,4-5,7H2,1H3,(H,13,18). The molecule has 2 aromatic heterocycles. The van der Waals surface area contributed by atoms with Crippen LogP contribution < -0.4 is 5.32 Å². The lowest BCUT2D eigenvalue weighted by molar-refractivity contribution is -0.119. The number of nitrogens with one attached hydrogen (secondary N) is 1. The highest BCUT2D eigenvalue weighted by Crippen LogP contribution is 2.36. The molecule has 1 saturated carbocycles. The maximum absolute atomic E-state index is 11.9. The minimum absolute atomic E-state index is 0.00115. The Morgan fingerprint density at radius 3 is 3.20 bits per heavy atom. The molecule has 1 amide bonds. The summed E-state index contributed by atoms with van der Waals surface area (Å²) >= 11 is 3.03. The van der Waals surface area contributed by atoms with Gasteiger partial charge in [-0.25, -0.2) is 4.68 Å². The van der Waals surface area contributed by atoms with E-state index < -0.39 is 0 Å². The molecule has 3 rings (SSSR count). The molecule has 1 N–H and O–H groups in total. The summed E-state index contributed by atoms with van der Waals surface area (Å²) in [5, 5.41) is 17.3. The third-order valence-corrected chi connectivity index (χ3v) is 5.02. The van der Waals surface area contributed by atoms with E-state index in [-0.39, 0.29) is 11.9 Å². The van der Waals surface area contributed by atoms with Crippen LogP contribution in [0.5, 0.6) is 0 Å². The maximum atomic E-state index is 11.9. The Morgan fingerprint density at radius 1 is 1.65 bits per heavy atom. The average molecular weight is 309 g/mol. The number of hydrogen-bond acceptors (Lipinski definition) is 6. The minimum atomic E-state index is 0.00115. The lowest BCUT2D eigenvalue weighted by Crippen LogP contribution is -2.27. The molecule has 1 atom stereocenters. The van der Waals surface area contributed by atoms with Crippen molar-refractivity contribution in [3.05, 3.63) is 22.4 Å². The van der Waals surface area contributed by atoms with E-state index >= 15 is 0 Å². The van der Waals surface area contributed by atoms with Gasteiger partial charge < -0.3 is 5.32 Å². The van der Waals surface area contributed by atoms with Crippen LogP contribution in [0.25, 0.3) is 0 Å². The van der Waals surface area contributed by atoms with E-state index in [1.807, 2.05) is 29.1 Å². The number of carbonyl (C=O) groups is 1. The van der Waals surface area contributed by atoms with E-state index in [1.54, 1.807) is 11.3 Å². The molecule has 0 saturated heterocycles. The average Bonchev–Trinajstić information content (AvgIpc) is 2.95. The third kappa shape index (κ3) is 3.18. The number of thiophene rings is 1. The summed E-state index contributed by atoms with van der Waals surface area (Å²) in [5.41, 5.74) is 0. The Hall–Kier alpha value is -1.41. The summed E-state index contributed by atoms with van der Waals surface area (Å²) in [6.45, 7) is 1.99.